The monoisotopic (exact) mass is 426 g/mol. The molecular formula is C20H27F5O4. The predicted octanol–water partition coefficient (Wildman–Crippen LogP) is 5.36. The van der Waals surface area contributed by atoms with Crippen LogP contribution < -0.4 is 0 Å². The van der Waals surface area contributed by atoms with Gasteiger partial charge in [0.15, 0.2) is 0 Å². The second-order valence-corrected chi connectivity index (χ2v) is 8.33. The van der Waals surface area contributed by atoms with Crippen molar-refractivity contribution in [2.45, 2.75) is 82.4 Å². The van der Waals surface area contributed by atoms with Crippen molar-refractivity contribution < 1.29 is 41.0 Å². The lowest BCUT2D eigenvalue weighted by Crippen LogP contribution is -2.45. The number of carbonyl (C=O) groups excluding carboxylic acids is 2. The van der Waals surface area contributed by atoms with Crippen molar-refractivity contribution in [3.8, 4) is 0 Å². The first-order valence-corrected chi connectivity index (χ1v) is 9.83. The van der Waals surface area contributed by atoms with Crippen LogP contribution >= 0.6 is 0 Å². The Labute approximate surface area is 166 Å². The lowest BCUT2D eigenvalue weighted by Gasteiger charge is -2.46. The SMILES string of the molecule is C=C(C)C(=O)OC1(CCC(=O)OCCC(F)(F)C(F)(F)F)CC2CCCC(C2)C1. The van der Waals surface area contributed by atoms with Crippen molar-refractivity contribution in [1.82, 2.24) is 0 Å². The molecule has 2 saturated carbocycles. The van der Waals surface area contributed by atoms with Gasteiger partial charge in [-0.1, -0.05) is 25.8 Å². The van der Waals surface area contributed by atoms with Gasteiger partial charge in [-0.2, -0.15) is 22.0 Å². The van der Waals surface area contributed by atoms with Crippen LogP contribution in [-0.2, 0) is 19.1 Å². The van der Waals surface area contributed by atoms with E-state index in [4.69, 9.17) is 4.74 Å². The minimum Gasteiger partial charge on any atom is -0.465 e. The molecule has 0 aromatic heterocycles. The van der Waals surface area contributed by atoms with Crippen LogP contribution in [0.2, 0.25) is 0 Å². The average Bonchev–Trinajstić information content (AvgIpc) is 2.58. The third-order valence-corrected chi connectivity index (χ3v) is 5.75. The molecule has 0 N–H and O–H groups in total. The first kappa shape index (κ1) is 23.6. The largest absolute Gasteiger partial charge is 0.465 e. The predicted molar refractivity (Wildman–Crippen MR) is 94.1 cm³/mol. The number of hydrogen-bond acceptors (Lipinski definition) is 4. The molecule has 0 aromatic rings. The normalized spacial score (nSPS) is 27.2. The smallest absolute Gasteiger partial charge is 0.453 e. The van der Waals surface area contributed by atoms with Crippen LogP contribution in [0.15, 0.2) is 12.2 Å². The van der Waals surface area contributed by atoms with Crippen LogP contribution in [-0.4, -0.2) is 36.2 Å². The van der Waals surface area contributed by atoms with E-state index in [1.807, 2.05) is 0 Å². The van der Waals surface area contributed by atoms with E-state index < -0.39 is 42.7 Å². The van der Waals surface area contributed by atoms with E-state index in [-0.39, 0.29) is 18.4 Å². The van der Waals surface area contributed by atoms with Gasteiger partial charge in [-0.3, -0.25) is 4.79 Å². The van der Waals surface area contributed by atoms with E-state index in [0.29, 0.717) is 24.7 Å². The summed E-state index contributed by atoms with van der Waals surface area (Å²) < 4.78 is 72.5. The molecule has 0 amide bonds. The second kappa shape index (κ2) is 9.00. The summed E-state index contributed by atoms with van der Waals surface area (Å²) in [7, 11) is 0. The summed E-state index contributed by atoms with van der Waals surface area (Å²) in [5, 5.41) is 0. The molecule has 0 heterocycles. The molecule has 0 spiro atoms. The standard InChI is InChI=1S/C20H27F5O4/c1-13(2)17(27)29-18(11-14-4-3-5-15(10-14)12-18)7-6-16(26)28-9-8-19(21,22)20(23,24)25/h14-15H,1,3-12H2,2H3. The minimum absolute atomic E-state index is 0.146. The average molecular weight is 426 g/mol. The van der Waals surface area contributed by atoms with Gasteiger partial charge in [-0.25, -0.2) is 4.79 Å². The summed E-state index contributed by atoms with van der Waals surface area (Å²) >= 11 is 0. The number of ether oxygens (including phenoxy) is 2. The van der Waals surface area contributed by atoms with E-state index >= 15 is 0 Å². The lowest BCUT2D eigenvalue weighted by atomic mass is 9.65. The molecule has 2 bridgehead atoms. The molecule has 166 valence electrons. The van der Waals surface area contributed by atoms with E-state index in [1.54, 1.807) is 0 Å². The summed E-state index contributed by atoms with van der Waals surface area (Å²) in [5.41, 5.74) is -0.629. The number of halogens is 5. The van der Waals surface area contributed by atoms with Gasteiger partial charge in [0.1, 0.15) is 5.60 Å². The van der Waals surface area contributed by atoms with Crippen molar-refractivity contribution in [1.29, 1.82) is 0 Å². The Bertz CT molecular complexity index is 617. The molecule has 2 rings (SSSR count). The van der Waals surface area contributed by atoms with Gasteiger partial charge >= 0.3 is 24.0 Å². The number of fused-ring (bicyclic) bond motifs is 2. The van der Waals surface area contributed by atoms with Crippen molar-refractivity contribution >= 4 is 11.9 Å². The lowest BCUT2D eigenvalue weighted by molar-refractivity contribution is -0.286. The zero-order valence-electron chi connectivity index (χ0n) is 16.5. The van der Waals surface area contributed by atoms with Crippen LogP contribution in [0.5, 0.6) is 0 Å². The van der Waals surface area contributed by atoms with E-state index in [2.05, 4.69) is 11.3 Å². The third-order valence-electron chi connectivity index (χ3n) is 5.75. The van der Waals surface area contributed by atoms with Crippen LogP contribution in [0.4, 0.5) is 22.0 Å². The van der Waals surface area contributed by atoms with Crippen molar-refractivity contribution in [2.75, 3.05) is 6.61 Å². The van der Waals surface area contributed by atoms with Crippen molar-refractivity contribution in [3.63, 3.8) is 0 Å². The van der Waals surface area contributed by atoms with Gasteiger partial charge in [0, 0.05) is 12.0 Å². The molecule has 0 aliphatic heterocycles. The number of esters is 2. The molecular weight excluding hydrogens is 399 g/mol. The van der Waals surface area contributed by atoms with E-state index in [9.17, 15) is 31.5 Å². The highest BCUT2D eigenvalue weighted by Crippen LogP contribution is 2.48. The quantitative estimate of drug-likeness (QED) is 0.298. The summed E-state index contributed by atoms with van der Waals surface area (Å²) in [4.78, 5) is 24.1. The molecule has 2 fully saturated rings. The molecule has 0 saturated heterocycles. The van der Waals surface area contributed by atoms with Gasteiger partial charge < -0.3 is 9.47 Å². The van der Waals surface area contributed by atoms with E-state index in [0.717, 1.165) is 25.7 Å². The zero-order valence-corrected chi connectivity index (χ0v) is 16.5. The van der Waals surface area contributed by atoms with Gasteiger partial charge in [-0.15, -0.1) is 0 Å². The maximum atomic E-state index is 12.9. The van der Waals surface area contributed by atoms with Gasteiger partial charge in [-0.05, 0) is 44.4 Å². The summed E-state index contributed by atoms with van der Waals surface area (Å²) in [6.07, 6.45) is -2.00. The molecule has 0 aromatic carbocycles. The van der Waals surface area contributed by atoms with Crippen LogP contribution in [0.3, 0.4) is 0 Å². The molecule has 2 aliphatic rings. The maximum absolute atomic E-state index is 12.9. The highest BCUT2D eigenvalue weighted by atomic mass is 19.4. The van der Waals surface area contributed by atoms with Crippen LogP contribution in [0.1, 0.15) is 64.7 Å². The fourth-order valence-corrected chi connectivity index (χ4v) is 4.37. The third kappa shape index (κ3) is 6.40. The molecule has 9 heteroatoms. The highest BCUT2D eigenvalue weighted by Gasteiger charge is 2.57. The Morgan fingerprint density at radius 3 is 2.21 bits per heavy atom. The molecule has 0 radical (unpaired) electrons. The minimum atomic E-state index is -5.68. The molecule has 2 atom stereocenters. The fourth-order valence-electron chi connectivity index (χ4n) is 4.37. The second-order valence-electron chi connectivity index (χ2n) is 8.33. The van der Waals surface area contributed by atoms with Gasteiger partial charge in [0.05, 0.1) is 13.0 Å². The summed E-state index contributed by atoms with van der Waals surface area (Å²) in [6, 6.07) is 0. The number of alkyl halides is 5. The number of hydrogen-bond donors (Lipinski definition) is 0. The van der Waals surface area contributed by atoms with Crippen LogP contribution in [0, 0.1) is 11.8 Å². The molecule has 2 aliphatic carbocycles. The number of rotatable bonds is 8. The Kier molecular flexibility index (Phi) is 7.32. The Morgan fingerprint density at radius 2 is 1.69 bits per heavy atom. The molecule has 2 unspecified atom stereocenters. The fraction of sp³-hybridized carbons (Fsp3) is 0.800. The summed E-state index contributed by atoms with van der Waals surface area (Å²) in [6.45, 7) is 4.06. The molecule has 4 nitrogen and oxygen atoms in total. The van der Waals surface area contributed by atoms with Crippen molar-refractivity contribution in [2.24, 2.45) is 11.8 Å². The Morgan fingerprint density at radius 1 is 1.10 bits per heavy atom. The van der Waals surface area contributed by atoms with E-state index in [1.165, 1.54) is 6.92 Å². The Hall–Kier alpha value is -1.67. The first-order valence-electron chi connectivity index (χ1n) is 9.83. The number of carbonyl (C=O) groups is 2. The van der Waals surface area contributed by atoms with Gasteiger partial charge in [0.25, 0.3) is 0 Å². The van der Waals surface area contributed by atoms with Crippen molar-refractivity contribution in [3.05, 3.63) is 12.2 Å². The maximum Gasteiger partial charge on any atom is 0.453 e. The van der Waals surface area contributed by atoms with Crippen LogP contribution in [0.25, 0.3) is 0 Å². The highest BCUT2D eigenvalue weighted by molar-refractivity contribution is 5.87. The summed E-state index contributed by atoms with van der Waals surface area (Å²) in [5.74, 6) is -5.59. The topological polar surface area (TPSA) is 52.6 Å². The molecule has 29 heavy (non-hydrogen) atoms. The van der Waals surface area contributed by atoms with Gasteiger partial charge in [0.2, 0.25) is 0 Å². The first-order chi connectivity index (χ1) is 13.3. The zero-order chi connectivity index (χ0) is 21.9. The Balaban J connectivity index is 1.93.